The number of sulfone groups is 1. The fourth-order valence-corrected chi connectivity index (χ4v) is 3.23. The van der Waals surface area contributed by atoms with E-state index in [0.29, 0.717) is 17.3 Å². The topological polar surface area (TPSA) is 78.3 Å². The summed E-state index contributed by atoms with van der Waals surface area (Å²) in [6, 6.07) is 10.2. The highest BCUT2D eigenvalue weighted by atomic mass is 32.2. The number of ether oxygens (including phenoxy) is 1. The first-order chi connectivity index (χ1) is 13.2. The highest BCUT2D eigenvalue weighted by Crippen LogP contribution is 2.27. The molecule has 28 heavy (non-hydrogen) atoms. The molecule has 9 heteroatoms. The summed E-state index contributed by atoms with van der Waals surface area (Å²) in [6.07, 6.45) is 1.08. The summed E-state index contributed by atoms with van der Waals surface area (Å²) in [5, 5.41) is 4.10. The van der Waals surface area contributed by atoms with Gasteiger partial charge in [-0.3, -0.25) is 0 Å². The summed E-state index contributed by atoms with van der Waals surface area (Å²) in [5.74, 6) is -2.32. The van der Waals surface area contributed by atoms with Crippen LogP contribution in [0.2, 0.25) is 0 Å². The molecule has 1 heterocycles. The van der Waals surface area contributed by atoms with Crippen LogP contribution in [-0.4, -0.2) is 37.0 Å². The average molecular weight is 406 g/mol. The van der Waals surface area contributed by atoms with Gasteiger partial charge in [0.05, 0.1) is 17.2 Å². The van der Waals surface area contributed by atoms with Crippen molar-refractivity contribution in [1.82, 2.24) is 9.78 Å². The minimum atomic E-state index is -3.39. The molecule has 0 bridgehead atoms. The van der Waals surface area contributed by atoms with Gasteiger partial charge in [-0.25, -0.2) is 26.7 Å². The molecule has 6 nitrogen and oxygen atoms in total. The van der Waals surface area contributed by atoms with Gasteiger partial charge in [0, 0.05) is 17.9 Å². The summed E-state index contributed by atoms with van der Waals surface area (Å²) in [5.41, 5.74) is 0.666. The first-order valence-corrected chi connectivity index (χ1v) is 10.1. The number of hydrogen-bond donors (Lipinski definition) is 0. The molecule has 3 aromatic rings. The summed E-state index contributed by atoms with van der Waals surface area (Å²) in [6.45, 7) is 1.77. The molecular weight excluding hydrogens is 390 g/mol. The predicted molar refractivity (Wildman–Crippen MR) is 98.0 cm³/mol. The van der Waals surface area contributed by atoms with E-state index < -0.39 is 27.4 Å². The zero-order valence-electron chi connectivity index (χ0n) is 15.0. The number of hydrogen-bond acceptors (Lipinski definition) is 5. The van der Waals surface area contributed by atoms with Gasteiger partial charge < -0.3 is 4.74 Å². The predicted octanol–water partition coefficient (Wildman–Crippen LogP) is 3.40. The fourth-order valence-electron chi connectivity index (χ4n) is 2.60. The van der Waals surface area contributed by atoms with Crippen LogP contribution in [0.5, 0.6) is 0 Å². The van der Waals surface area contributed by atoms with Crippen molar-refractivity contribution in [3.05, 3.63) is 65.9 Å². The molecule has 0 aliphatic carbocycles. The summed E-state index contributed by atoms with van der Waals surface area (Å²) in [7, 11) is -3.39. The van der Waals surface area contributed by atoms with Gasteiger partial charge in [-0.1, -0.05) is 12.1 Å². The van der Waals surface area contributed by atoms with E-state index in [9.17, 15) is 22.0 Å². The third-order valence-corrected chi connectivity index (χ3v) is 5.04. The second kappa shape index (κ2) is 7.51. The lowest BCUT2D eigenvalue weighted by atomic mass is 10.1. The highest BCUT2D eigenvalue weighted by Gasteiger charge is 2.20. The maximum atomic E-state index is 14.3. The molecule has 0 unspecified atom stereocenters. The average Bonchev–Trinajstić information content (AvgIpc) is 3.06. The quantitative estimate of drug-likeness (QED) is 0.607. The van der Waals surface area contributed by atoms with Crippen molar-refractivity contribution in [2.75, 3.05) is 12.9 Å². The van der Waals surface area contributed by atoms with Crippen LogP contribution in [0.3, 0.4) is 0 Å². The molecule has 146 valence electrons. The Morgan fingerprint density at radius 3 is 2.36 bits per heavy atom. The van der Waals surface area contributed by atoms with Crippen molar-refractivity contribution in [2.45, 2.75) is 11.8 Å². The van der Waals surface area contributed by atoms with Gasteiger partial charge >= 0.3 is 5.97 Å². The van der Waals surface area contributed by atoms with E-state index in [0.717, 1.165) is 17.0 Å². The molecule has 0 saturated heterocycles. The van der Waals surface area contributed by atoms with Crippen LogP contribution < -0.4 is 0 Å². The third-order valence-electron chi connectivity index (χ3n) is 3.91. The molecule has 0 amide bonds. The van der Waals surface area contributed by atoms with Crippen molar-refractivity contribution in [2.24, 2.45) is 0 Å². The Balaban J connectivity index is 2.17. The lowest BCUT2D eigenvalue weighted by Crippen LogP contribution is -2.07. The van der Waals surface area contributed by atoms with Crippen molar-refractivity contribution < 1.29 is 26.7 Å². The van der Waals surface area contributed by atoms with E-state index in [2.05, 4.69) is 5.10 Å². The molecule has 1 aromatic heterocycles. The minimum absolute atomic E-state index is 0.0623. The molecule has 0 N–H and O–H groups in total. The number of esters is 1. The lowest BCUT2D eigenvalue weighted by molar-refractivity contribution is 0.0519. The van der Waals surface area contributed by atoms with Gasteiger partial charge in [-0.15, -0.1) is 0 Å². The Bertz CT molecular complexity index is 1140. The van der Waals surface area contributed by atoms with Crippen LogP contribution in [0.15, 0.2) is 53.4 Å². The number of aromatic nitrogens is 2. The van der Waals surface area contributed by atoms with Gasteiger partial charge in [-0.2, -0.15) is 5.10 Å². The zero-order valence-corrected chi connectivity index (χ0v) is 15.8. The van der Waals surface area contributed by atoms with Crippen molar-refractivity contribution in [3.63, 3.8) is 0 Å². The Morgan fingerprint density at radius 2 is 1.79 bits per heavy atom. The summed E-state index contributed by atoms with van der Waals surface area (Å²) >= 11 is 0. The second-order valence-corrected chi connectivity index (χ2v) is 7.96. The van der Waals surface area contributed by atoms with Crippen LogP contribution in [0.25, 0.3) is 16.9 Å². The Labute approximate surface area is 160 Å². The van der Waals surface area contributed by atoms with Crippen LogP contribution in [0, 0.1) is 11.6 Å². The number of nitrogens with zero attached hydrogens (tertiary/aromatic N) is 2. The van der Waals surface area contributed by atoms with Crippen LogP contribution in [0.4, 0.5) is 8.78 Å². The molecule has 0 atom stereocenters. The van der Waals surface area contributed by atoms with Gasteiger partial charge in [0.2, 0.25) is 0 Å². The fraction of sp³-hybridized carbons (Fsp3) is 0.158. The largest absolute Gasteiger partial charge is 0.461 e. The third kappa shape index (κ3) is 3.94. The number of benzene rings is 2. The molecule has 0 spiro atoms. The van der Waals surface area contributed by atoms with Gasteiger partial charge in [0.15, 0.2) is 21.3 Å². The Hall–Kier alpha value is -3.07. The smallest absolute Gasteiger partial charge is 0.358 e. The normalized spacial score (nSPS) is 11.4. The maximum absolute atomic E-state index is 14.3. The minimum Gasteiger partial charge on any atom is -0.461 e. The van der Waals surface area contributed by atoms with Crippen molar-refractivity contribution in [3.8, 4) is 16.9 Å². The summed E-state index contributed by atoms with van der Waals surface area (Å²) < 4.78 is 57.0. The SMILES string of the molecule is CCOC(=O)c1cc(-c2ccc(S(C)(=O)=O)cc2)n(-c2ccc(F)cc2F)n1. The Kier molecular flexibility index (Phi) is 5.28. The van der Waals surface area contributed by atoms with E-state index in [4.69, 9.17) is 4.74 Å². The monoisotopic (exact) mass is 406 g/mol. The highest BCUT2D eigenvalue weighted by molar-refractivity contribution is 7.90. The van der Waals surface area contributed by atoms with Crippen molar-refractivity contribution >= 4 is 15.8 Å². The number of halogens is 2. The second-order valence-electron chi connectivity index (χ2n) is 5.94. The van der Waals surface area contributed by atoms with E-state index in [1.807, 2.05) is 0 Å². The first kappa shape index (κ1) is 19.7. The van der Waals surface area contributed by atoms with Gasteiger partial charge in [-0.05, 0) is 37.3 Å². The lowest BCUT2D eigenvalue weighted by Gasteiger charge is -2.09. The summed E-state index contributed by atoms with van der Waals surface area (Å²) in [4.78, 5) is 12.2. The molecule has 0 fully saturated rings. The zero-order chi connectivity index (χ0) is 20.5. The Morgan fingerprint density at radius 1 is 1.11 bits per heavy atom. The van der Waals surface area contributed by atoms with Gasteiger partial charge in [0.1, 0.15) is 11.5 Å². The number of carbonyl (C=O) groups is 1. The molecular formula is C19H16F2N2O4S. The maximum Gasteiger partial charge on any atom is 0.358 e. The van der Waals surface area contributed by atoms with E-state index in [-0.39, 0.29) is 22.9 Å². The van der Waals surface area contributed by atoms with E-state index >= 15 is 0 Å². The number of rotatable bonds is 5. The molecule has 0 aliphatic heterocycles. The van der Waals surface area contributed by atoms with E-state index in [1.165, 1.54) is 36.4 Å². The van der Waals surface area contributed by atoms with Crippen LogP contribution in [-0.2, 0) is 14.6 Å². The van der Waals surface area contributed by atoms with Crippen molar-refractivity contribution in [1.29, 1.82) is 0 Å². The standard InChI is InChI=1S/C19H16F2N2O4S/c1-3-27-19(24)16-11-18(12-4-7-14(8-5-12)28(2,25)26)23(22-16)17-9-6-13(20)10-15(17)21/h4-11H,3H2,1-2H3. The number of carbonyl (C=O) groups excluding carboxylic acids is 1. The molecule has 0 radical (unpaired) electrons. The van der Waals surface area contributed by atoms with Crippen LogP contribution >= 0.6 is 0 Å². The van der Waals surface area contributed by atoms with Gasteiger partial charge in [0.25, 0.3) is 0 Å². The molecule has 0 aliphatic rings. The van der Waals surface area contributed by atoms with Crippen LogP contribution in [0.1, 0.15) is 17.4 Å². The first-order valence-electron chi connectivity index (χ1n) is 8.24. The molecule has 2 aromatic carbocycles. The molecule has 3 rings (SSSR count). The van der Waals surface area contributed by atoms with E-state index in [1.54, 1.807) is 6.92 Å². The molecule has 0 saturated carbocycles.